The smallest absolute Gasteiger partial charge is 0.121 e. The van der Waals surface area contributed by atoms with Gasteiger partial charge in [-0.1, -0.05) is 12.2 Å². The van der Waals surface area contributed by atoms with Gasteiger partial charge in [-0.05, 0) is 49.9 Å². The molecule has 1 heterocycles. The molecule has 0 unspecified atom stereocenters. The number of hydrogen-bond acceptors (Lipinski definition) is 2. The molecule has 2 rings (SSSR count). The summed E-state index contributed by atoms with van der Waals surface area (Å²) < 4.78 is 5.27. The second kappa shape index (κ2) is 5.50. The highest BCUT2D eigenvalue weighted by molar-refractivity contribution is 7.80. The summed E-state index contributed by atoms with van der Waals surface area (Å²) in [5.41, 5.74) is 2.28. The number of nitrogens with zero attached hydrogens (tertiary/aromatic N) is 1. The summed E-state index contributed by atoms with van der Waals surface area (Å²) in [5, 5.41) is 0. The quantitative estimate of drug-likeness (QED) is 0.747. The van der Waals surface area contributed by atoms with Crippen molar-refractivity contribution in [3.05, 3.63) is 29.3 Å². The van der Waals surface area contributed by atoms with Crippen LogP contribution in [0.4, 0.5) is 0 Å². The average molecular weight is 249 g/mol. The lowest BCUT2D eigenvalue weighted by molar-refractivity contribution is 0.347. The number of likely N-dealkylation sites (tertiary alicyclic amines) is 1. The minimum atomic E-state index is 0.926. The van der Waals surface area contributed by atoms with Gasteiger partial charge in [0.1, 0.15) is 10.7 Å². The van der Waals surface area contributed by atoms with Gasteiger partial charge in [-0.2, -0.15) is 0 Å². The highest BCUT2D eigenvalue weighted by atomic mass is 32.1. The van der Waals surface area contributed by atoms with Crippen LogP contribution in [0, 0.1) is 6.92 Å². The summed E-state index contributed by atoms with van der Waals surface area (Å²) in [6, 6.07) is 6.18. The second-order valence-corrected chi connectivity index (χ2v) is 4.92. The summed E-state index contributed by atoms with van der Waals surface area (Å²) in [6.45, 7) is 4.26. The third-order valence-corrected chi connectivity index (χ3v) is 3.78. The third-order valence-electron chi connectivity index (χ3n) is 3.29. The lowest BCUT2D eigenvalue weighted by Crippen LogP contribution is -2.34. The zero-order chi connectivity index (χ0) is 12.3. The summed E-state index contributed by atoms with van der Waals surface area (Å²) in [6.07, 6.45) is 3.85. The fourth-order valence-corrected chi connectivity index (χ4v) is 2.60. The first-order chi connectivity index (χ1) is 8.22. The topological polar surface area (TPSA) is 12.5 Å². The van der Waals surface area contributed by atoms with E-state index in [-0.39, 0.29) is 0 Å². The van der Waals surface area contributed by atoms with Gasteiger partial charge >= 0.3 is 0 Å². The van der Waals surface area contributed by atoms with E-state index in [0.29, 0.717) is 0 Å². The van der Waals surface area contributed by atoms with Crippen molar-refractivity contribution in [2.75, 3.05) is 20.2 Å². The zero-order valence-electron chi connectivity index (χ0n) is 10.5. The maximum Gasteiger partial charge on any atom is 0.121 e. The molecule has 0 saturated carbocycles. The normalized spacial score (nSPS) is 15.8. The van der Waals surface area contributed by atoms with Crippen LogP contribution in [0.5, 0.6) is 5.75 Å². The van der Waals surface area contributed by atoms with Gasteiger partial charge in [0, 0.05) is 18.7 Å². The van der Waals surface area contributed by atoms with Crippen LogP contribution in [0.15, 0.2) is 18.2 Å². The molecule has 92 valence electrons. The van der Waals surface area contributed by atoms with Gasteiger partial charge in [0.25, 0.3) is 0 Å². The van der Waals surface area contributed by atoms with Crippen molar-refractivity contribution in [1.29, 1.82) is 0 Å². The first-order valence-electron chi connectivity index (χ1n) is 6.16. The van der Waals surface area contributed by atoms with E-state index in [2.05, 4.69) is 24.0 Å². The number of aryl methyl sites for hydroxylation is 1. The molecule has 1 saturated heterocycles. The van der Waals surface area contributed by atoms with E-state index in [1.54, 1.807) is 7.11 Å². The number of ether oxygens (including phenoxy) is 1. The largest absolute Gasteiger partial charge is 0.496 e. The molecular formula is C14H19NOS. The van der Waals surface area contributed by atoms with Crippen LogP contribution in [0.3, 0.4) is 0 Å². The van der Waals surface area contributed by atoms with Gasteiger partial charge in [0.05, 0.1) is 7.11 Å². The Morgan fingerprint density at radius 2 is 1.94 bits per heavy atom. The Morgan fingerprint density at radius 3 is 2.53 bits per heavy atom. The van der Waals surface area contributed by atoms with Gasteiger partial charge in [-0.15, -0.1) is 0 Å². The number of thiocarbonyl (C=S) groups is 1. The fourth-order valence-electron chi connectivity index (χ4n) is 2.29. The van der Waals surface area contributed by atoms with Crippen molar-refractivity contribution in [3.63, 3.8) is 0 Å². The minimum Gasteiger partial charge on any atom is -0.496 e. The Kier molecular flexibility index (Phi) is 4.00. The van der Waals surface area contributed by atoms with E-state index in [9.17, 15) is 0 Å². The molecule has 0 bridgehead atoms. The van der Waals surface area contributed by atoms with Crippen molar-refractivity contribution in [2.24, 2.45) is 0 Å². The molecule has 0 N–H and O–H groups in total. The second-order valence-electron chi connectivity index (χ2n) is 4.54. The molecule has 1 fully saturated rings. The number of methoxy groups -OCH3 is 1. The van der Waals surface area contributed by atoms with E-state index in [4.69, 9.17) is 17.0 Å². The Bertz CT molecular complexity index is 411. The molecular weight excluding hydrogens is 230 g/mol. The van der Waals surface area contributed by atoms with Gasteiger partial charge in [0.15, 0.2) is 0 Å². The molecule has 1 aliphatic heterocycles. The Labute approximate surface area is 109 Å². The lowest BCUT2D eigenvalue weighted by atomic mass is 10.1. The predicted octanol–water partition coefficient (Wildman–Crippen LogP) is 3.17. The molecule has 0 amide bonds. The first-order valence-corrected chi connectivity index (χ1v) is 6.57. The fraction of sp³-hybridized carbons (Fsp3) is 0.500. The number of benzene rings is 1. The van der Waals surface area contributed by atoms with Crippen molar-refractivity contribution in [1.82, 2.24) is 4.90 Å². The van der Waals surface area contributed by atoms with Crippen LogP contribution >= 0.6 is 12.2 Å². The molecule has 0 radical (unpaired) electrons. The number of hydrogen-bond donors (Lipinski definition) is 0. The van der Waals surface area contributed by atoms with E-state index in [1.165, 1.54) is 19.3 Å². The number of piperidine rings is 1. The van der Waals surface area contributed by atoms with Gasteiger partial charge in [-0.3, -0.25) is 0 Å². The first kappa shape index (κ1) is 12.4. The maximum atomic E-state index is 5.56. The summed E-state index contributed by atoms with van der Waals surface area (Å²) in [5.74, 6) is 0.926. The molecule has 0 aliphatic carbocycles. The van der Waals surface area contributed by atoms with Crippen molar-refractivity contribution in [2.45, 2.75) is 26.2 Å². The van der Waals surface area contributed by atoms with E-state index in [1.807, 2.05) is 6.07 Å². The molecule has 1 aliphatic rings. The maximum absolute atomic E-state index is 5.56. The van der Waals surface area contributed by atoms with Crippen LogP contribution in [-0.4, -0.2) is 30.1 Å². The molecule has 17 heavy (non-hydrogen) atoms. The highest BCUT2D eigenvalue weighted by Gasteiger charge is 2.15. The average Bonchev–Trinajstić information content (AvgIpc) is 2.39. The summed E-state index contributed by atoms with van der Waals surface area (Å²) in [4.78, 5) is 3.30. The van der Waals surface area contributed by atoms with Gasteiger partial charge < -0.3 is 9.64 Å². The minimum absolute atomic E-state index is 0.926. The van der Waals surface area contributed by atoms with E-state index >= 15 is 0 Å². The predicted molar refractivity (Wildman–Crippen MR) is 74.9 cm³/mol. The Balaban J connectivity index is 2.16. The van der Waals surface area contributed by atoms with Gasteiger partial charge in [-0.25, -0.2) is 0 Å². The number of rotatable bonds is 2. The third kappa shape index (κ3) is 2.78. The van der Waals surface area contributed by atoms with Crippen molar-refractivity contribution in [3.8, 4) is 5.75 Å². The molecule has 0 spiro atoms. The molecule has 1 aromatic carbocycles. The molecule has 3 heteroatoms. The van der Waals surface area contributed by atoms with Crippen molar-refractivity contribution >= 4 is 17.2 Å². The molecule has 1 aromatic rings. The standard InChI is InChI=1S/C14H19NOS/c1-11-10-12(6-7-13(11)16-2)14(17)15-8-4-3-5-9-15/h6-7,10H,3-5,8-9H2,1-2H3. The van der Waals surface area contributed by atoms with Crippen LogP contribution in [0.2, 0.25) is 0 Å². The zero-order valence-corrected chi connectivity index (χ0v) is 11.3. The SMILES string of the molecule is COc1ccc(C(=S)N2CCCCC2)cc1C. The molecule has 0 aromatic heterocycles. The molecule has 2 nitrogen and oxygen atoms in total. The van der Waals surface area contributed by atoms with E-state index in [0.717, 1.165) is 35.0 Å². The Morgan fingerprint density at radius 1 is 1.24 bits per heavy atom. The van der Waals surface area contributed by atoms with Crippen molar-refractivity contribution < 1.29 is 4.74 Å². The highest BCUT2D eigenvalue weighted by Crippen LogP contribution is 2.21. The summed E-state index contributed by atoms with van der Waals surface area (Å²) >= 11 is 5.56. The van der Waals surface area contributed by atoms with Crippen LogP contribution in [0.25, 0.3) is 0 Å². The Hall–Kier alpha value is -1.09. The van der Waals surface area contributed by atoms with Crippen LogP contribution < -0.4 is 4.74 Å². The van der Waals surface area contributed by atoms with E-state index < -0.39 is 0 Å². The van der Waals surface area contributed by atoms with Gasteiger partial charge in [0.2, 0.25) is 0 Å². The monoisotopic (exact) mass is 249 g/mol. The van der Waals surface area contributed by atoms with Crippen LogP contribution in [-0.2, 0) is 0 Å². The molecule has 0 atom stereocenters. The van der Waals surface area contributed by atoms with Crippen LogP contribution in [0.1, 0.15) is 30.4 Å². The lowest BCUT2D eigenvalue weighted by Gasteiger charge is -2.29. The summed E-state index contributed by atoms with van der Waals surface area (Å²) in [7, 11) is 1.70.